The van der Waals surface area contributed by atoms with Crippen molar-refractivity contribution in [3.05, 3.63) is 35.4 Å². The molecule has 110 valence electrons. The van der Waals surface area contributed by atoms with Crippen molar-refractivity contribution >= 4 is 0 Å². The van der Waals surface area contributed by atoms with Crippen LogP contribution in [0, 0.1) is 18.8 Å². The van der Waals surface area contributed by atoms with E-state index in [2.05, 4.69) is 36.5 Å². The predicted molar refractivity (Wildman–Crippen MR) is 82.6 cm³/mol. The molecule has 0 spiro atoms. The lowest BCUT2D eigenvalue weighted by Crippen LogP contribution is -2.42. The molecule has 0 saturated heterocycles. The summed E-state index contributed by atoms with van der Waals surface area (Å²) in [7, 11) is 0. The van der Waals surface area contributed by atoms with E-state index in [1.165, 1.54) is 49.7 Å². The molecule has 1 aromatic rings. The van der Waals surface area contributed by atoms with Crippen LogP contribution in [-0.4, -0.2) is 17.8 Å². The first-order valence-electron chi connectivity index (χ1n) is 8.21. The van der Waals surface area contributed by atoms with Gasteiger partial charge in [0.2, 0.25) is 0 Å². The molecule has 0 bridgehead atoms. The highest BCUT2D eigenvalue weighted by Gasteiger charge is 2.35. The maximum absolute atomic E-state index is 9.60. The van der Waals surface area contributed by atoms with Crippen molar-refractivity contribution < 1.29 is 5.11 Å². The fraction of sp³-hybridized carbons (Fsp3) is 0.667. The molecule has 3 unspecified atom stereocenters. The third-order valence-corrected chi connectivity index (χ3v) is 5.07. The maximum atomic E-state index is 9.60. The van der Waals surface area contributed by atoms with E-state index in [0.29, 0.717) is 24.6 Å². The fourth-order valence-corrected chi connectivity index (χ4v) is 3.58. The van der Waals surface area contributed by atoms with E-state index < -0.39 is 0 Å². The van der Waals surface area contributed by atoms with E-state index in [-0.39, 0.29) is 0 Å². The highest BCUT2D eigenvalue weighted by Crippen LogP contribution is 2.42. The highest BCUT2D eigenvalue weighted by atomic mass is 16.3. The van der Waals surface area contributed by atoms with Crippen LogP contribution in [0.15, 0.2) is 24.3 Å². The maximum Gasteiger partial charge on any atom is 0.0474 e. The van der Waals surface area contributed by atoms with Crippen LogP contribution in [0.1, 0.15) is 55.7 Å². The first kappa shape index (κ1) is 14.1. The molecule has 0 aliphatic heterocycles. The fourth-order valence-electron chi connectivity index (χ4n) is 3.58. The summed E-state index contributed by atoms with van der Waals surface area (Å²) in [5.41, 5.74) is 2.76. The van der Waals surface area contributed by atoms with Crippen LogP contribution in [0.5, 0.6) is 0 Å². The number of hydrogen-bond donors (Lipinski definition) is 2. The molecule has 20 heavy (non-hydrogen) atoms. The summed E-state index contributed by atoms with van der Waals surface area (Å²) in [5.74, 6) is 1.26. The molecule has 1 aromatic carbocycles. The number of aryl methyl sites for hydroxylation is 1. The van der Waals surface area contributed by atoms with Crippen molar-refractivity contribution in [3.8, 4) is 0 Å². The minimum absolute atomic E-state index is 0.336. The molecule has 2 nitrogen and oxygen atoms in total. The molecular formula is C18H27NO. The monoisotopic (exact) mass is 273 g/mol. The van der Waals surface area contributed by atoms with Crippen LogP contribution in [-0.2, 0) is 0 Å². The standard InChI is InChI=1S/C18H27NO/c1-13-6-8-14(9-7-13)18(15-10-11-15)19-17-5-3-2-4-16(17)12-20/h6-9,15-20H,2-5,10-12H2,1H3. The largest absolute Gasteiger partial charge is 0.396 e. The minimum Gasteiger partial charge on any atom is -0.396 e. The summed E-state index contributed by atoms with van der Waals surface area (Å²) in [6.45, 7) is 2.48. The Labute approximate surface area is 122 Å². The van der Waals surface area contributed by atoms with Gasteiger partial charge < -0.3 is 10.4 Å². The Kier molecular flexibility index (Phi) is 4.42. The zero-order valence-electron chi connectivity index (χ0n) is 12.5. The highest BCUT2D eigenvalue weighted by molar-refractivity contribution is 5.25. The van der Waals surface area contributed by atoms with Crippen LogP contribution in [0.3, 0.4) is 0 Å². The molecule has 2 N–H and O–H groups in total. The van der Waals surface area contributed by atoms with E-state index in [1.807, 2.05) is 0 Å². The molecule has 3 atom stereocenters. The Bertz CT molecular complexity index is 424. The van der Waals surface area contributed by atoms with E-state index in [0.717, 1.165) is 5.92 Å². The quantitative estimate of drug-likeness (QED) is 0.859. The molecule has 0 amide bonds. The molecule has 2 fully saturated rings. The summed E-state index contributed by atoms with van der Waals surface area (Å²) in [5, 5.41) is 13.5. The molecule has 2 saturated carbocycles. The normalized spacial score (nSPS) is 28.3. The van der Waals surface area contributed by atoms with Crippen molar-refractivity contribution in [2.24, 2.45) is 11.8 Å². The topological polar surface area (TPSA) is 32.3 Å². The van der Waals surface area contributed by atoms with Gasteiger partial charge in [0.05, 0.1) is 0 Å². The minimum atomic E-state index is 0.336. The van der Waals surface area contributed by atoms with Crippen LogP contribution >= 0.6 is 0 Å². The summed E-state index contributed by atoms with van der Waals surface area (Å²) >= 11 is 0. The van der Waals surface area contributed by atoms with Gasteiger partial charge in [-0.15, -0.1) is 0 Å². The van der Waals surface area contributed by atoms with Crippen molar-refractivity contribution in [1.82, 2.24) is 5.32 Å². The smallest absolute Gasteiger partial charge is 0.0474 e. The van der Waals surface area contributed by atoms with Gasteiger partial charge in [0.25, 0.3) is 0 Å². The summed E-state index contributed by atoms with van der Waals surface area (Å²) in [4.78, 5) is 0. The van der Waals surface area contributed by atoms with Crippen molar-refractivity contribution in [2.45, 2.75) is 57.5 Å². The summed E-state index contributed by atoms with van der Waals surface area (Å²) in [6.07, 6.45) is 7.69. The Morgan fingerprint density at radius 2 is 1.80 bits per heavy atom. The Morgan fingerprint density at radius 1 is 1.10 bits per heavy atom. The molecular weight excluding hydrogens is 246 g/mol. The van der Waals surface area contributed by atoms with E-state index in [4.69, 9.17) is 0 Å². The molecule has 0 heterocycles. The lowest BCUT2D eigenvalue weighted by molar-refractivity contribution is 0.143. The van der Waals surface area contributed by atoms with Gasteiger partial charge in [-0.05, 0) is 50.0 Å². The molecule has 2 aliphatic rings. The van der Waals surface area contributed by atoms with Gasteiger partial charge in [-0.3, -0.25) is 0 Å². The number of rotatable bonds is 5. The molecule has 0 radical (unpaired) electrons. The van der Waals surface area contributed by atoms with Gasteiger partial charge in [-0.2, -0.15) is 0 Å². The molecule has 2 aliphatic carbocycles. The van der Waals surface area contributed by atoms with Crippen molar-refractivity contribution in [2.75, 3.05) is 6.61 Å². The van der Waals surface area contributed by atoms with Gasteiger partial charge in [-0.1, -0.05) is 42.7 Å². The Morgan fingerprint density at radius 3 is 2.45 bits per heavy atom. The van der Waals surface area contributed by atoms with Gasteiger partial charge in [0.1, 0.15) is 0 Å². The SMILES string of the molecule is Cc1ccc(C(NC2CCCCC2CO)C2CC2)cc1. The first-order valence-corrected chi connectivity index (χ1v) is 8.21. The van der Waals surface area contributed by atoms with Gasteiger partial charge in [0.15, 0.2) is 0 Å². The zero-order valence-corrected chi connectivity index (χ0v) is 12.5. The Hall–Kier alpha value is -0.860. The molecule has 3 rings (SSSR count). The number of nitrogens with one attached hydrogen (secondary N) is 1. The lowest BCUT2D eigenvalue weighted by Gasteiger charge is -2.34. The Balaban J connectivity index is 1.72. The molecule has 2 heteroatoms. The van der Waals surface area contributed by atoms with Crippen molar-refractivity contribution in [1.29, 1.82) is 0 Å². The van der Waals surface area contributed by atoms with Crippen LogP contribution < -0.4 is 5.32 Å². The van der Waals surface area contributed by atoms with Crippen LogP contribution in [0.2, 0.25) is 0 Å². The second-order valence-electron chi connectivity index (χ2n) is 6.73. The molecule has 0 aromatic heterocycles. The summed E-state index contributed by atoms with van der Waals surface area (Å²) in [6, 6.07) is 9.99. The zero-order chi connectivity index (χ0) is 13.9. The first-order chi connectivity index (χ1) is 9.78. The van der Waals surface area contributed by atoms with Gasteiger partial charge >= 0.3 is 0 Å². The van der Waals surface area contributed by atoms with E-state index in [1.54, 1.807) is 0 Å². The number of hydrogen-bond acceptors (Lipinski definition) is 2. The second-order valence-corrected chi connectivity index (χ2v) is 6.73. The lowest BCUT2D eigenvalue weighted by atomic mass is 9.84. The number of aliphatic hydroxyl groups excluding tert-OH is 1. The van der Waals surface area contributed by atoms with E-state index >= 15 is 0 Å². The second kappa shape index (κ2) is 6.28. The van der Waals surface area contributed by atoms with Crippen LogP contribution in [0.25, 0.3) is 0 Å². The van der Waals surface area contributed by atoms with Crippen LogP contribution in [0.4, 0.5) is 0 Å². The van der Waals surface area contributed by atoms with Crippen molar-refractivity contribution in [3.63, 3.8) is 0 Å². The predicted octanol–water partition coefficient (Wildman–Crippen LogP) is 3.59. The van der Waals surface area contributed by atoms with E-state index in [9.17, 15) is 5.11 Å². The third kappa shape index (κ3) is 3.24. The third-order valence-electron chi connectivity index (χ3n) is 5.07. The average molecular weight is 273 g/mol. The van der Waals surface area contributed by atoms with Gasteiger partial charge in [0, 0.05) is 18.7 Å². The summed E-state index contributed by atoms with van der Waals surface area (Å²) < 4.78 is 0. The van der Waals surface area contributed by atoms with Gasteiger partial charge in [-0.25, -0.2) is 0 Å². The number of benzene rings is 1. The average Bonchev–Trinajstić information content (AvgIpc) is 3.31. The number of aliphatic hydroxyl groups is 1.